The second kappa shape index (κ2) is 15.3. The van der Waals surface area contributed by atoms with Gasteiger partial charge in [-0.15, -0.1) is 0 Å². The summed E-state index contributed by atoms with van der Waals surface area (Å²) in [4.78, 5) is 41.4. The molecule has 0 rings (SSSR count). The van der Waals surface area contributed by atoms with E-state index >= 15 is 0 Å². The maximum absolute atomic E-state index is 11.0. The van der Waals surface area contributed by atoms with Gasteiger partial charge in [0.05, 0.1) is 19.8 Å². The number of hydrogen-bond donors (Lipinski definition) is 1. The summed E-state index contributed by atoms with van der Waals surface area (Å²) in [6.45, 7) is 8.12. The van der Waals surface area contributed by atoms with Crippen LogP contribution < -0.4 is 0 Å². The predicted molar refractivity (Wildman–Crippen MR) is 87.1 cm³/mol. The van der Waals surface area contributed by atoms with Crippen LogP contribution in [0.4, 0.5) is 4.79 Å². The van der Waals surface area contributed by atoms with Crippen molar-refractivity contribution in [1.29, 1.82) is 0 Å². The van der Waals surface area contributed by atoms with Crippen LogP contribution in [0.15, 0.2) is 0 Å². The van der Waals surface area contributed by atoms with Gasteiger partial charge in [0.25, 0.3) is 6.29 Å². The molecule has 1 atom stereocenters. The van der Waals surface area contributed by atoms with Crippen molar-refractivity contribution in [3.05, 3.63) is 0 Å². The lowest BCUT2D eigenvalue weighted by atomic mass is 10.3. The van der Waals surface area contributed by atoms with Gasteiger partial charge >= 0.3 is 11.9 Å². The molecule has 0 saturated heterocycles. The van der Waals surface area contributed by atoms with Gasteiger partial charge in [-0.3, -0.25) is 0 Å². The van der Waals surface area contributed by atoms with Crippen LogP contribution >= 0.6 is 0 Å². The number of carboxylic acid groups (broad SMARTS) is 1. The molecule has 0 aliphatic rings. The summed E-state index contributed by atoms with van der Waals surface area (Å²) in [5.41, 5.74) is 0. The van der Waals surface area contributed by atoms with Gasteiger partial charge in [-0.2, -0.15) is 14.7 Å². The van der Waals surface area contributed by atoms with Gasteiger partial charge in [0.2, 0.25) is 0 Å². The molecule has 1 N–H and O–H groups in total. The third-order valence-electron chi connectivity index (χ3n) is 3.00. The smallest absolute Gasteiger partial charge is 0.450 e. The van der Waals surface area contributed by atoms with Gasteiger partial charge in [-0.1, -0.05) is 40.0 Å². The van der Waals surface area contributed by atoms with E-state index in [2.05, 4.69) is 0 Å². The molecule has 0 fully saturated rings. The van der Waals surface area contributed by atoms with E-state index in [1.807, 2.05) is 20.8 Å². The zero-order valence-corrected chi connectivity index (χ0v) is 15.7. The fourth-order valence-corrected chi connectivity index (χ4v) is 1.46. The molecule has 0 aromatic rings. The zero-order valence-electron chi connectivity index (χ0n) is 15.7. The van der Waals surface area contributed by atoms with Crippen molar-refractivity contribution in [3.8, 4) is 0 Å². The van der Waals surface area contributed by atoms with Crippen molar-refractivity contribution in [3.63, 3.8) is 0 Å². The molecule has 150 valence electrons. The molecule has 0 spiro atoms. The number of carbonyl (C=O) groups is 1. The lowest BCUT2D eigenvalue weighted by Crippen LogP contribution is -2.49. The lowest BCUT2D eigenvalue weighted by molar-refractivity contribution is -0.545. The number of unbranched alkanes of at least 4 members (excludes halogenated alkanes) is 3. The van der Waals surface area contributed by atoms with Crippen LogP contribution in [0.1, 0.15) is 66.2 Å². The van der Waals surface area contributed by atoms with E-state index in [-0.39, 0.29) is 6.61 Å². The van der Waals surface area contributed by atoms with Gasteiger partial charge in [0.1, 0.15) is 0 Å². The molecule has 0 saturated carbocycles. The Morgan fingerprint density at radius 1 is 0.880 bits per heavy atom. The molecule has 0 amide bonds. The average molecular weight is 368 g/mol. The summed E-state index contributed by atoms with van der Waals surface area (Å²) >= 11 is 0. The van der Waals surface area contributed by atoms with Gasteiger partial charge < -0.3 is 9.84 Å². The number of ether oxygens (including phenoxy) is 1. The molecule has 0 aromatic heterocycles. The highest BCUT2D eigenvalue weighted by atomic mass is 17.3. The maximum Gasteiger partial charge on any atom is 0.508 e. The van der Waals surface area contributed by atoms with E-state index in [0.717, 1.165) is 38.5 Å². The monoisotopic (exact) mass is 368 g/mol. The Kier molecular flexibility index (Phi) is 14.7. The quantitative estimate of drug-likeness (QED) is 0.134. The molecule has 0 aliphatic carbocycles. The molecule has 9 nitrogen and oxygen atoms in total. The molecule has 25 heavy (non-hydrogen) atoms. The van der Waals surface area contributed by atoms with Crippen LogP contribution in [-0.4, -0.2) is 43.2 Å². The first-order valence-corrected chi connectivity index (χ1v) is 8.79. The molecule has 0 heterocycles. The SMILES string of the molecule is CCCCOOC(OOCCCC)C(C)(OOCCCC)OC(=O)O. The van der Waals surface area contributed by atoms with Gasteiger partial charge in [-0.25, -0.2) is 19.5 Å². The minimum Gasteiger partial charge on any atom is -0.450 e. The second-order valence-electron chi connectivity index (χ2n) is 5.52. The topological polar surface area (TPSA) is 102 Å². The van der Waals surface area contributed by atoms with Gasteiger partial charge in [0.15, 0.2) is 0 Å². The van der Waals surface area contributed by atoms with Crippen molar-refractivity contribution >= 4 is 6.16 Å². The Labute approximate surface area is 149 Å². The van der Waals surface area contributed by atoms with Crippen molar-refractivity contribution < 1.29 is 44.0 Å². The Bertz CT molecular complexity index is 315. The number of hydrogen-bond acceptors (Lipinski definition) is 8. The van der Waals surface area contributed by atoms with E-state index in [1.165, 1.54) is 6.92 Å². The first-order valence-electron chi connectivity index (χ1n) is 8.79. The zero-order chi connectivity index (χ0) is 19.0. The molecule has 0 aliphatic heterocycles. The van der Waals surface area contributed by atoms with Crippen LogP contribution in [0, 0.1) is 0 Å². The van der Waals surface area contributed by atoms with E-state index in [9.17, 15) is 4.79 Å². The van der Waals surface area contributed by atoms with E-state index in [0.29, 0.717) is 13.2 Å². The molecule has 0 bridgehead atoms. The van der Waals surface area contributed by atoms with Crippen LogP contribution in [0.25, 0.3) is 0 Å². The highest BCUT2D eigenvalue weighted by molar-refractivity contribution is 5.57. The summed E-state index contributed by atoms with van der Waals surface area (Å²) in [6, 6.07) is 0. The molecule has 1 unspecified atom stereocenters. The maximum atomic E-state index is 11.0. The predicted octanol–water partition coefficient (Wildman–Crippen LogP) is 3.97. The summed E-state index contributed by atoms with van der Waals surface area (Å²) in [5, 5.41) is 8.97. The molecule has 0 radical (unpaired) electrons. The van der Waals surface area contributed by atoms with Crippen LogP contribution in [-0.2, 0) is 34.1 Å². The van der Waals surface area contributed by atoms with Crippen molar-refractivity contribution in [2.24, 2.45) is 0 Å². The Balaban J connectivity index is 4.81. The Hall–Kier alpha value is -0.970. The third-order valence-corrected chi connectivity index (χ3v) is 3.00. The summed E-state index contributed by atoms with van der Waals surface area (Å²) in [7, 11) is 0. The lowest BCUT2D eigenvalue weighted by Gasteiger charge is -2.31. The van der Waals surface area contributed by atoms with Crippen molar-refractivity contribution in [1.82, 2.24) is 0 Å². The van der Waals surface area contributed by atoms with Gasteiger partial charge in [-0.05, 0) is 19.3 Å². The van der Waals surface area contributed by atoms with Crippen LogP contribution in [0.2, 0.25) is 0 Å². The summed E-state index contributed by atoms with van der Waals surface area (Å²) in [5.74, 6) is -1.93. The Morgan fingerprint density at radius 2 is 1.32 bits per heavy atom. The standard InChI is InChI=1S/C16H32O9/c1-5-8-11-19-23-14(24-20-12-9-6-2)16(4,22-15(17)18)25-21-13-10-7-3/h14H,5-13H2,1-4H3,(H,17,18). The summed E-state index contributed by atoms with van der Waals surface area (Å²) in [6.07, 6.45) is 1.93. The highest BCUT2D eigenvalue weighted by Gasteiger charge is 2.46. The van der Waals surface area contributed by atoms with E-state index < -0.39 is 18.2 Å². The average Bonchev–Trinajstić information content (AvgIpc) is 2.56. The van der Waals surface area contributed by atoms with Crippen molar-refractivity contribution in [2.45, 2.75) is 78.3 Å². The van der Waals surface area contributed by atoms with E-state index in [4.69, 9.17) is 39.2 Å². The largest absolute Gasteiger partial charge is 0.508 e. The fourth-order valence-electron chi connectivity index (χ4n) is 1.46. The highest BCUT2D eigenvalue weighted by Crippen LogP contribution is 2.24. The third kappa shape index (κ3) is 12.1. The first-order chi connectivity index (χ1) is 12.0. The second-order valence-corrected chi connectivity index (χ2v) is 5.52. The fraction of sp³-hybridized carbons (Fsp3) is 0.938. The Morgan fingerprint density at radius 3 is 1.72 bits per heavy atom. The normalized spacial score (nSPS) is 13.8. The van der Waals surface area contributed by atoms with Crippen LogP contribution in [0.5, 0.6) is 0 Å². The number of rotatable bonds is 17. The van der Waals surface area contributed by atoms with Crippen LogP contribution in [0.3, 0.4) is 0 Å². The molecule has 0 aromatic carbocycles. The van der Waals surface area contributed by atoms with Crippen molar-refractivity contribution in [2.75, 3.05) is 19.8 Å². The summed E-state index contributed by atoms with van der Waals surface area (Å²) < 4.78 is 4.75. The van der Waals surface area contributed by atoms with E-state index in [1.54, 1.807) is 0 Å². The van der Waals surface area contributed by atoms with Gasteiger partial charge in [0, 0.05) is 6.92 Å². The minimum absolute atomic E-state index is 0.259. The molecule has 9 heteroatoms. The minimum atomic E-state index is -1.93. The molecular weight excluding hydrogens is 336 g/mol. The first kappa shape index (κ1) is 24.0. The molecular formula is C16H32O9.